The highest BCUT2D eigenvalue weighted by molar-refractivity contribution is 5.82. The number of carbonyl (C=O) groups is 1. The Labute approximate surface area is 190 Å². The predicted molar refractivity (Wildman–Crippen MR) is 124 cm³/mol. The Morgan fingerprint density at radius 3 is 2.42 bits per heavy atom. The summed E-state index contributed by atoms with van der Waals surface area (Å²) < 4.78 is 17.6. The van der Waals surface area contributed by atoms with Gasteiger partial charge in [-0.25, -0.2) is 9.78 Å². The molecule has 2 aromatic carbocycles. The summed E-state index contributed by atoms with van der Waals surface area (Å²) in [7, 11) is 5.03. The number of fused-ring (bicyclic) bond motifs is 1. The molecule has 0 fully saturated rings. The van der Waals surface area contributed by atoms with E-state index in [1.807, 2.05) is 48.5 Å². The van der Waals surface area contributed by atoms with Crippen molar-refractivity contribution in [3.05, 3.63) is 55.0 Å². The van der Waals surface area contributed by atoms with Crippen LogP contribution in [0.25, 0.3) is 22.3 Å². The van der Waals surface area contributed by atoms with Gasteiger partial charge in [-0.3, -0.25) is 9.67 Å². The second kappa shape index (κ2) is 9.43. The van der Waals surface area contributed by atoms with Crippen LogP contribution in [0.3, 0.4) is 0 Å². The molecule has 0 saturated carbocycles. The molecule has 0 bridgehead atoms. The quantitative estimate of drug-likeness (QED) is 0.436. The van der Waals surface area contributed by atoms with Crippen LogP contribution in [0.4, 0.5) is 16.2 Å². The van der Waals surface area contributed by atoms with Gasteiger partial charge in [0.15, 0.2) is 0 Å². The number of hydrogen-bond donors (Lipinski definition) is 1. The largest absolute Gasteiger partial charge is 0.497 e. The van der Waals surface area contributed by atoms with Gasteiger partial charge in [-0.15, -0.1) is 0 Å². The lowest BCUT2D eigenvalue weighted by Crippen LogP contribution is -2.25. The lowest BCUT2D eigenvalue weighted by atomic mass is 10.2. The Kier molecular flexibility index (Phi) is 6.25. The van der Waals surface area contributed by atoms with Crippen molar-refractivity contribution in [3.63, 3.8) is 0 Å². The molecule has 2 heterocycles. The van der Waals surface area contributed by atoms with Crippen molar-refractivity contribution in [2.45, 2.75) is 0 Å². The number of primary amides is 1. The second-order valence-corrected chi connectivity index (χ2v) is 7.22. The van der Waals surface area contributed by atoms with Crippen molar-refractivity contribution in [3.8, 4) is 22.8 Å². The SMILES string of the molecule is COc1cc(OC)cc(N(CCOC(N)=O)c2ccc3ncc(-c4cnn(C)c4)nc3c2)c1. The Balaban J connectivity index is 1.76. The van der Waals surface area contributed by atoms with E-state index in [-0.39, 0.29) is 6.61 Å². The standard InChI is InChI=1S/C23H24N6O4/c1-28-14-15(12-26-28)22-13-25-20-5-4-16(10-21(20)27-22)29(6-7-33-23(24)30)17-8-18(31-2)11-19(9-17)32-3/h4-5,8-14H,6-7H2,1-3H3,(H2,24,30). The highest BCUT2D eigenvalue weighted by Gasteiger charge is 2.15. The van der Waals surface area contributed by atoms with E-state index in [2.05, 4.69) is 10.1 Å². The molecule has 1 amide bonds. The molecule has 10 nitrogen and oxygen atoms in total. The number of hydrogen-bond acceptors (Lipinski definition) is 8. The van der Waals surface area contributed by atoms with Gasteiger partial charge in [-0.1, -0.05) is 0 Å². The number of aromatic nitrogens is 4. The molecule has 33 heavy (non-hydrogen) atoms. The summed E-state index contributed by atoms with van der Waals surface area (Å²) in [6.07, 6.45) is 4.53. The van der Waals surface area contributed by atoms with Gasteiger partial charge in [0, 0.05) is 48.4 Å². The number of amides is 1. The van der Waals surface area contributed by atoms with Gasteiger partial charge in [0.05, 0.1) is 49.9 Å². The maximum atomic E-state index is 11.1. The van der Waals surface area contributed by atoms with E-state index in [1.165, 1.54) is 0 Å². The van der Waals surface area contributed by atoms with E-state index >= 15 is 0 Å². The van der Waals surface area contributed by atoms with E-state index in [0.29, 0.717) is 23.6 Å². The van der Waals surface area contributed by atoms with E-state index in [1.54, 1.807) is 37.4 Å². The monoisotopic (exact) mass is 448 g/mol. The third-order valence-electron chi connectivity index (χ3n) is 5.05. The lowest BCUT2D eigenvalue weighted by molar-refractivity contribution is 0.160. The molecule has 2 aromatic heterocycles. The van der Waals surface area contributed by atoms with Crippen LogP contribution in [0.2, 0.25) is 0 Å². The van der Waals surface area contributed by atoms with Crippen LogP contribution in [0.5, 0.6) is 11.5 Å². The minimum absolute atomic E-state index is 0.0916. The fourth-order valence-electron chi connectivity index (χ4n) is 3.45. The Morgan fingerprint density at radius 1 is 1.03 bits per heavy atom. The fourth-order valence-corrected chi connectivity index (χ4v) is 3.45. The molecule has 0 aliphatic rings. The number of rotatable bonds is 8. The van der Waals surface area contributed by atoms with Crippen molar-refractivity contribution < 1.29 is 19.0 Å². The molecule has 0 unspecified atom stereocenters. The molecule has 170 valence electrons. The van der Waals surface area contributed by atoms with Crippen molar-refractivity contribution in [1.82, 2.24) is 19.7 Å². The average Bonchev–Trinajstić information content (AvgIpc) is 3.26. The first-order chi connectivity index (χ1) is 16.0. The second-order valence-electron chi connectivity index (χ2n) is 7.22. The van der Waals surface area contributed by atoms with Crippen molar-refractivity contribution in [1.29, 1.82) is 0 Å². The summed E-state index contributed by atoms with van der Waals surface area (Å²) in [5.41, 5.74) is 9.82. The molecular formula is C23H24N6O4. The van der Waals surface area contributed by atoms with Crippen LogP contribution in [0.15, 0.2) is 55.0 Å². The summed E-state index contributed by atoms with van der Waals surface area (Å²) in [6, 6.07) is 11.3. The average molecular weight is 448 g/mol. The third kappa shape index (κ3) is 4.95. The molecule has 0 spiro atoms. The zero-order chi connectivity index (χ0) is 23.4. The Bertz CT molecular complexity index is 1270. The van der Waals surface area contributed by atoms with E-state index in [9.17, 15) is 4.79 Å². The van der Waals surface area contributed by atoms with Crippen LogP contribution in [-0.2, 0) is 11.8 Å². The third-order valence-corrected chi connectivity index (χ3v) is 5.05. The zero-order valence-corrected chi connectivity index (χ0v) is 18.6. The smallest absolute Gasteiger partial charge is 0.404 e. The van der Waals surface area contributed by atoms with Gasteiger partial charge in [-0.2, -0.15) is 5.10 Å². The number of benzene rings is 2. The molecule has 10 heteroatoms. The van der Waals surface area contributed by atoms with Crippen LogP contribution in [-0.4, -0.2) is 53.2 Å². The van der Waals surface area contributed by atoms with Crippen LogP contribution in [0.1, 0.15) is 0 Å². The number of ether oxygens (including phenoxy) is 3. The van der Waals surface area contributed by atoms with Crippen molar-refractivity contribution >= 4 is 28.5 Å². The van der Waals surface area contributed by atoms with Gasteiger partial charge >= 0.3 is 6.09 Å². The van der Waals surface area contributed by atoms with Gasteiger partial charge in [0.2, 0.25) is 0 Å². The van der Waals surface area contributed by atoms with E-state index < -0.39 is 6.09 Å². The number of aryl methyl sites for hydroxylation is 1. The summed E-state index contributed by atoms with van der Waals surface area (Å²) in [4.78, 5) is 22.4. The minimum atomic E-state index is -0.830. The summed E-state index contributed by atoms with van der Waals surface area (Å²) in [6.45, 7) is 0.439. The van der Waals surface area contributed by atoms with Crippen molar-refractivity contribution in [2.24, 2.45) is 12.8 Å². The van der Waals surface area contributed by atoms with Gasteiger partial charge in [0.25, 0.3) is 0 Å². The number of nitrogens with two attached hydrogens (primary N) is 1. The molecule has 0 radical (unpaired) electrons. The van der Waals surface area contributed by atoms with E-state index in [0.717, 1.165) is 28.1 Å². The van der Waals surface area contributed by atoms with Crippen LogP contribution < -0.4 is 20.1 Å². The number of anilines is 2. The first kappa shape index (κ1) is 21.9. The maximum absolute atomic E-state index is 11.1. The van der Waals surface area contributed by atoms with Crippen molar-refractivity contribution in [2.75, 3.05) is 32.3 Å². The van der Waals surface area contributed by atoms with E-state index in [4.69, 9.17) is 24.9 Å². The fraction of sp³-hybridized carbons (Fsp3) is 0.217. The van der Waals surface area contributed by atoms with Gasteiger partial charge in [-0.05, 0) is 18.2 Å². The van der Waals surface area contributed by atoms with Crippen LogP contribution in [0, 0.1) is 0 Å². The Morgan fingerprint density at radius 2 is 1.79 bits per heavy atom. The molecular weight excluding hydrogens is 424 g/mol. The zero-order valence-electron chi connectivity index (χ0n) is 18.6. The number of methoxy groups -OCH3 is 2. The highest BCUT2D eigenvalue weighted by atomic mass is 16.5. The first-order valence-electron chi connectivity index (χ1n) is 10.2. The molecule has 0 aliphatic carbocycles. The van der Waals surface area contributed by atoms with Crippen LogP contribution >= 0.6 is 0 Å². The van der Waals surface area contributed by atoms with Gasteiger partial charge < -0.3 is 24.8 Å². The maximum Gasteiger partial charge on any atom is 0.404 e. The topological polar surface area (TPSA) is 118 Å². The molecule has 4 aromatic rings. The summed E-state index contributed by atoms with van der Waals surface area (Å²) >= 11 is 0. The minimum Gasteiger partial charge on any atom is -0.497 e. The normalized spacial score (nSPS) is 10.8. The Hall–Kier alpha value is -4.34. The molecule has 0 aliphatic heterocycles. The molecule has 4 rings (SSSR count). The lowest BCUT2D eigenvalue weighted by Gasteiger charge is -2.26. The first-order valence-corrected chi connectivity index (χ1v) is 10.2. The summed E-state index contributed by atoms with van der Waals surface area (Å²) in [5, 5.41) is 4.20. The predicted octanol–water partition coefficient (Wildman–Crippen LogP) is 3.28. The number of nitrogens with zero attached hydrogens (tertiary/aromatic N) is 5. The van der Waals surface area contributed by atoms with Gasteiger partial charge in [0.1, 0.15) is 18.1 Å². The molecule has 0 atom stereocenters. The molecule has 2 N–H and O–H groups in total. The molecule has 0 saturated heterocycles. The number of carbonyl (C=O) groups excluding carboxylic acids is 1. The summed E-state index contributed by atoms with van der Waals surface area (Å²) in [5.74, 6) is 1.26. The highest BCUT2D eigenvalue weighted by Crippen LogP contribution is 2.34.